The molecule has 2 heterocycles. The lowest BCUT2D eigenvalue weighted by Crippen LogP contribution is -2.70. The van der Waals surface area contributed by atoms with E-state index in [0.717, 1.165) is 17.4 Å². The van der Waals surface area contributed by atoms with E-state index in [1.165, 1.54) is 12.3 Å². The first-order valence-electron chi connectivity index (χ1n) is 12.6. The number of halogens is 1. The van der Waals surface area contributed by atoms with Crippen LogP contribution in [-0.2, 0) is 14.3 Å². The third kappa shape index (κ3) is 2.70. The number of ether oxygens (including phenoxy) is 2. The molecule has 1 aromatic rings. The highest BCUT2D eigenvalue weighted by Gasteiger charge is 2.74. The monoisotopic (exact) mass is 518 g/mol. The number of aldehydes is 1. The van der Waals surface area contributed by atoms with E-state index in [-0.39, 0.29) is 18.3 Å². The first kappa shape index (κ1) is 24.2. The molecule has 0 radical (unpaired) electrons. The standard InChI is InChI=1S/C27H31ClO8/c1-24(2)17-6-5-15-14(26(17,12-29)21(31)20-22(24)36-23(32)35-20)8-9-25(3)19(16(28)10-27(15,25)33)13-4-7-18(30)34-11-13/h4-5,7,11-12,14,16-17,19-22,31,33H,6,8-10H2,1-3H3/t14-,16-,17-,19-,20-,21+,22-,25+,26+,27-/m0/s1. The molecule has 5 aliphatic rings. The van der Waals surface area contributed by atoms with Crippen LogP contribution in [0, 0.1) is 28.1 Å². The topological polar surface area (TPSA) is 123 Å². The number of hydrogen-bond donors (Lipinski definition) is 2. The molecule has 2 N–H and O–H groups in total. The van der Waals surface area contributed by atoms with Crippen LogP contribution in [0.5, 0.6) is 0 Å². The Morgan fingerprint density at radius 2 is 1.92 bits per heavy atom. The minimum atomic E-state index is -1.33. The van der Waals surface area contributed by atoms with Crippen molar-refractivity contribution in [1.82, 2.24) is 0 Å². The minimum absolute atomic E-state index is 0.264. The molecule has 9 heteroatoms. The third-order valence-electron chi connectivity index (χ3n) is 10.6. The maximum atomic E-state index is 13.1. The number of fused-ring (bicyclic) bond motifs is 6. The van der Waals surface area contributed by atoms with Crippen molar-refractivity contribution in [3.05, 3.63) is 46.0 Å². The van der Waals surface area contributed by atoms with Crippen molar-refractivity contribution in [3.63, 3.8) is 0 Å². The fourth-order valence-corrected chi connectivity index (χ4v) is 9.53. The van der Waals surface area contributed by atoms with Gasteiger partial charge < -0.3 is 28.9 Å². The highest BCUT2D eigenvalue weighted by molar-refractivity contribution is 6.21. The Bertz CT molecular complexity index is 1200. The molecular formula is C27H31ClO8. The minimum Gasteiger partial charge on any atom is -0.431 e. The molecule has 0 amide bonds. The van der Waals surface area contributed by atoms with Gasteiger partial charge in [0, 0.05) is 28.2 Å². The van der Waals surface area contributed by atoms with Gasteiger partial charge in [-0.2, -0.15) is 0 Å². The van der Waals surface area contributed by atoms with Crippen LogP contribution in [0.25, 0.3) is 0 Å². The molecule has 194 valence electrons. The predicted molar refractivity (Wildman–Crippen MR) is 127 cm³/mol. The summed E-state index contributed by atoms with van der Waals surface area (Å²) in [5.41, 5.74) is -2.88. The average molecular weight is 519 g/mol. The van der Waals surface area contributed by atoms with Crippen LogP contribution in [0.4, 0.5) is 4.79 Å². The van der Waals surface area contributed by atoms with Gasteiger partial charge in [0.2, 0.25) is 0 Å². The Hall–Kier alpha value is -2.16. The van der Waals surface area contributed by atoms with Crippen molar-refractivity contribution in [2.45, 2.75) is 81.7 Å². The lowest BCUT2D eigenvalue weighted by molar-refractivity contribution is -0.210. The van der Waals surface area contributed by atoms with Gasteiger partial charge in [-0.05, 0) is 54.7 Å². The van der Waals surface area contributed by atoms with E-state index in [2.05, 4.69) is 0 Å². The average Bonchev–Trinajstić information content (AvgIpc) is 3.33. The summed E-state index contributed by atoms with van der Waals surface area (Å²) in [4.78, 5) is 36.7. The summed E-state index contributed by atoms with van der Waals surface area (Å²) < 4.78 is 16.0. The normalized spacial score (nSPS) is 48.4. The molecule has 0 spiro atoms. The van der Waals surface area contributed by atoms with Crippen LogP contribution >= 0.6 is 11.6 Å². The highest BCUT2D eigenvalue weighted by Crippen LogP contribution is 2.71. The number of rotatable bonds is 2. The summed E-state index contributed by atoms with van der Waals surface area (Å²) in [6, 6.07) is 3.06. The number of aliphatic hydroxyl groups is 2. The van der Waals surface area contributed by atoms with E-state index < -0.39 is 63.2 Å². The summed E-state index contributed by atoms with van der Waals surface area (Å²) in [6.45, 7) is 5.91. The Labute approximate surface area is 213 Å². The van der Waals surface area contributed by atoms with Crippen LogP contribution in [0.2, 0.25) is 0 Å². The van der Waals surface area contributed by atoms with Gasteiger partial charge in [-0.1, -0.05) is 26.8 Å². The van der Waals surface area contributed by atoms with Crippen LogP contribution in [0.15, 0.2) is 39.3 Å². The van der Waals surface area contributed by atoms with Gasteiger partial charge in [-0.25, -0.2) is 9.59 Å². The Kier molecular flexibility index (Phi) is 5.01. The Balaban J connectivity index is 1.47. The molecule has 0 unspecified atom stereocenters. The smallest absolute Gasteiger partial charge is 0.431 e. The first-order valence-corrected chi connectivity index (χ1v) is 13.0. The lowest BCUT2D eigenvalue weighted by Gasteiger charge is -2.63. The number of aliphatic hydroxyl groups excluding tert-OH is 1. The summed E-state index contributed by atoms with van der Waals surface area (Å²) in [5.74, 6) is -1.04. The molecule has 1 saturated heterocycles. The fraction of sp³-hybridized carbons (Fsp3) is 0.667. The van der Waals surface area contributed by atoms with Crippen molar-refractivity contribution in [2.24, 2.45) is 28.1 Å². The molecule has 8 nitrogen and oxygen atoms in total. The van der Waals surface area contributed by atoms with Crippen LogP contribution in [-0.4, -0.2) is 51.9 Å². The zero-order valence-electron chi connectivity index (χ0n) is 20.5. The number of carbonyl (C=O) groups is 2. The summed E-state index contributed by atoms with van der Waals surface area (Å²) in [7, 11) is 0. The number of allylic oxidation sites excluding steroid dienone is 1. The van der Waals surface area contributed by atoms with Crippen molar-refractivity contribution < 1.29 is 33.7 Å². The van der Waals surface area contributed by atoms with Gasteiger partial charge in [0.25, 0.3) is 0 Å². The van der Waals surface area contributed by atoms with Crippen LogP contribution < -0.4 is 5.63 Å². The van der Waals surface area contributed by atoms with E-state index in [1.807, 2.05) is 26.8 Å². The van der Waals surface area contributed by atoms with Crippen molar-refractivity contribution in [3.8, 4) is 0 Å². The van der Waals surface area contributed by atoms with Crippen molar-refractivity contribution >= 4 is 24.0 Å². The van der Waals surface area contributed by atoms with E-state index in [9.17, 15) is 24.6 Å². The highest BCUT2D eigenvalue weighted by atomic mass is 35.5. The second kappa shape index (κ2) is 7.45. The van der Waals surface area contributed by atoms with Gasteiger partial charge in [0.1, 0.15) is 12.4 Å². The SMILES string of the molecule is CC1(C)[C@H]2OC(=O)O[C@H]2[C@@H](O)[C@]2(C=O)[C@H]3CC[C@]4(C)[C@@H](c5ccc(=O)oc5)[C@@H](Cl)C[C@]4(O)C3=CC[C@@H]12. The second-order valence-electron chi connectivity index (χ2n) is 12.2. The quantitative estimate of drug-likeness (QED) is 0.264. The van der Waals surface area contributed by atoms with E-state index in [1.54, 1.807) is 6.07 Å². The summed E-state index contributed by atoms with van der Waals surface area (Å²) in [5, 5.41) is 23.6. The van der Waals surface area contributed by atoms with E-state index in [4.69, 9.17) is 25.5 Å². The zero-order chi connectivity index (χ0) is 25.8. The van der Waals surface area contributed by atoms with Crippen molar-refractivity contribution in [1.29, 1.82) is 0 Å². The van der Waals surface area contributed by atoms with Gasteiger partial charge in [0.05, 0.1) is 17.3 Å². The second-order valence-corrected chi connectivity index (χ2v) is 12.7. The van der Waals surface area contributed by atoms with Crippen molar-refractivity contribution in [2.75, 3.05) is 0 Å². The van der Waals surface area contributed by atoms with Gasteiger partial charge >= 0.3 is 11.8 Å². The fourth-order valence-electron chi connectivity index (χ4n) is 8.89. The van der Waals surface area contributed by atoms with Gasteiger partial charge in [0.15, 0.2) is 12.2 Å². The van der Waals surface area contributed by atoms with E-state index in [0.29, 0.717) is 19.3 Å². The van der Waals surface area contributed by atoms with Gasteiger partial charge in [-0.3, -0.25) is 0 Å². The number of hydrogen-bond acceptors (Lipinski definition) is 8. The maximum absolute atomic E-state index is 13.1. The molecule has 10 atom stereocenters. The van der Waals surface area contributed by atoms with Crippen LogP contribution in [0.1, 0.15) is 57.9 Å². The largest absolute Gasteiger partial charge is 0.509 e. The number of carbonyl (C=O) groups excluding carboxylic acids is 2. The molecule has 4 aliphatic carbocycles. The van der Waals surface area contributed by atoms with Gasteiger partial charge in [-0.15, -0.1) is 11.6 Å². The Morgan fingerprint density at radius 3 is 2.58 bits per heavy atom. The molecule has 36 heavy (non-hydrogen) atoms. The molecule has 4 fully saturated rings. The summed E-state index contributed by atoms with van der Waals surface area (Å²) >= 11 is 6.91. The molecule has 1 aliphatic heterocycles. The lowest BCUT2D eigenvalue weighted by atomic mass is 9.41. The molecule has 0 bridgehead atoms. The molecule has 0 aromatic carbocycles. The molecule has 3 saturated carbocycles. The van der Waals surface area contributed by atoms with E-state index >= 15 is 0 Å². The molecule has 6 rings (SSSR count). The first-order chi connectivity index (χ1) is 16.9. The summed E-state index contributed by atoms with van der Waals surface area (Å²) in [6.07, 6.45) is 2.34. The Morgan fingerprint density at radius 1 is 1.17 bits per heavy atom. The predicted octanol–water partition coefficient (Wildman–Crippen LogP) is 3.32. The van der Waals surface area contributed by atoms with Crippen LogP contribution in [0.3, 0.4) is 0 Å². The molecule has 1 aromatic heterocycles. The third-order valence-corrected chi connectivity index (χ3v) is 11.0. The number of alkyl halides is 1. The molecular weight excluding hydrogens is 488 g/mol. The maximum Gasteiger partial charge on any atom is 0.509 e. The zero-order valence-corrected chi connectivity index (χ0v) is 21.2.